The molecule has 0 radical (unpaired) electrons. The van der Waals surface area contributed by atoms with Crippen molar-refractivity contribution in [2.24, 2.45) is 5.41 Å². The summed E-state index contributed by atoms with van der Waals surface area (Å²) in [4.78, 5) is 0. The van der Waals surface area contributed by atoms with Crippen molar-refractivity contribution in [1.82, 2.24) is 15.0 Å². The molecule has 0 aliphatic rings. The van der Waals surface area contributed by atoms with Crippen LogP contribution in [0.4, 0.5) is 0 Å². The summed E-state index contributed by atoms with van der Waals surface area (Å²) in [7, 11) is 0. The number of hydrogen-bond acceptors (Lipinski definition) is 2. The third-order valence-electron chi connectivity index (χ3n) is 2.83. The van der Waals surface area contributed by atoms with Gasteiger partial charge in [-0.25, -0.2) is 0 Å². The summed E-state index contributed by atoms with van der Waals surface area (Å²) in [6, 6.07) is 0. The molecule has 0 saturated carbocycles. The summed E-state index contributed by atoms with van der Waals surface area (Å²) in [5, 5.41) is 8.24. The largest absolute Gasteiger partial charge is 0.343 e. The van der Waals surface area contributed by atoms with Crippen LogP contribution in [0.1, 0.15) is 58.6 Å². The minimum absolute atomic E-state index is 0. The minimum Gasteiger partial charge on any atom is -0.343 e. The predicted octanol–water partition coefficient (Wildman–Crippen LogP) is 3.65. The zero-order valence-electron chi connectivity index (χ0n) is 12.0. The van der Waals surface area contributed by atoms with Gasteiger partial charge >= 0.3 is 0 Å². The van der Waals surface area contributed by atoms with Crippen LogP contribution in [0.15, 0.2) is 6.20 Å². The van der Waals surface area contributed by atoms with Crippen molar-refractivity contribution < 1.29 is 21.1 Å². The fourth-order valence-corrected chi connectivity index (χ4v) is 1.85. The topological polar surface area (TPSA) is 30.7 Å². The molecule has 0 aliphatic heterocycles. The van der Waals surface area contributed by atoms with E-state index in [0.717, 1.165) is 25.1 Å². The van der Waals surface area contributed by atoms with Crippen molar-refractivity contribution in [3.63, 3.8) is 0 Å². The maximum Gasteiger partial charge on any atom is 0.0801 e. The van der Waals surface area contributed by atoms with Crippen LogP contribution in [-0.2, 0) is 34.0 Å². The molecule has 1 aromatic heterocycles. The van der Waals surface area contributed by atoms with Crippen molar-refractivity contribution in [3.8, 4) is 0 Å². The van der Waals surface area contributed by atoms with Gasteiger partial charge < -0.3 is 6.92 Å². The van der Waals surface area contributed by atoms with Crippen LogP contribution < -0.4 is 0 Å². The van der Waals surface area contributed by atoms with Gasteiger partial charge in [-0.05, 0) is 24.7 Å². The second kappa shape index (κ2) is 8.85. The first kappa shape index (κ1) is 17.8. The van der Waals surface area contributed by atoms with E-state index < -0.39 is 0 Å². The zero-order valence-corrected chi connectivity index (χ0v) is 14.9. The molecule has 1 rings (SSSR count). The normalized spacial score (nSPS) is 11.3. The number of rotatable bonds is 7. The van der Waals surface area contributed by atoms with Crippen LogP contribution in [0, 0.1) is 12.3 Å². The standard InChI is InChI=1S/C14H26N3.W/c1-5-9-13-12-17(16-15-13)11-8-6-7-10-14(2,3)4;/h12H,1,5-11H2,2-4H3;/q-1;. The van der Waals surface area contributed by atoms with Gasteiger partial charge in [0.15, 0.2) is 0 Å². The van der Waals surface area contributed by atoms with E-state index in [4.69, 9.17) is 0 Å². The maximum atomic E-state index is 4.12. The van der Waals surface area contributed by atoms with Gasteiger partial charge in [0.2, 0.25) is 0 Å². The molecule has 0 amide bonds. The van der Waals surface area contributed by atoms with Crippen molar-refractivity contribution in [2.75, 3.05) is 0 Å². The fraction of sp³-hybridized carbons (Fsp3) is 0.786. The average molecular weight is 420 g/mol. The summed E-state index contributed by atoms with van der Waals surface area (Å²) in [6.07, 6.45) is 8.97. The molecule has 0 bridgehead atoms. The molecule has 3 nitrogen and oxygen atoms in total. The number of unbranched alkanes of at least 4 members (excludes halogenated alkanes) is 2. The summed E-state index contributed by atoms with van der Waals surface area (Å²) in [5.74, 6) is 0. The third-order valence-corrected chi connectivity index (χ3v) is 2.83. The Labute approximate surface area is 126 Å². The summed E-state index contributed by atoms with van der Waals surface area (Å²) in [6.45, 7) is 11.7. The van der Waals surface area contributed by atoms with E-state index in [-0.39, 0.29) is 21.1 Å². The van der Waals surface area contributed by atoms with Gasteiger partial charge in [-0.3, -0.25) is 4.68 Å². The van der Waals surface area contributed by atoms with Crippen molar-refractivity contribution >= 4 is 0 Å². The number of hydrogen-bond donors (Lipinski definition) is 0. The van der Waals surface area contributed by atoms with Crippen LogP contribution in [-0.4, -0.2) is 15.0 Å². The first-order valence-electron chi connectivity index (χ1n) is 6.69. The molecule has 104 valence electrons. The number of nitrogens with zero attached hydrogens (tertiary/aromatic N) is 3. The first-order chi connectivity index (χ1) is 8.01. The average Bonchev–Trinajstić information content (AvgIpc) is 2.64. The van der Waals surface area contributed by atoms with Crippen molar-refractivity contribution in [3.05, 3.63) is 18.8 Å². The molecule has 18 heavy (non-hydrogen) atoms. The molecule has 0 saturated heterocycles. The summed E-state index contributed by atoms with van der Waals surface area (Å²) < 4.78 is 1.96. The van der Waals surface area contributed by atoms with Crippen LogP contribution >= 0.6 is 0 Å². The molecular weight excluding hydrogens is 394 g/mol. The van der Waals surface area contributed by atoms with Gasteiger partial charge in [0.1, 0.15) is 0 Å². The van der Waals surface area contributed by atoms with E-state index >= 15 is 0 Å². The van der Waals surface area contributed by atoms with Crippen molar-refractivity contribution in [1.29, 1.82) is 0 Å². The van der Waals surface area contributed by atoms with E-state index in [1.165, 1.54) is 25.7 Å². The fourth-order valence-electron chi connectivity index (χ4n) is 1.85. The maximum absolute atomic E-state index is 4.12. The van der Waals surface area contributed by atoms with E-state index in [1.54, 1.807) is 0 Å². The van der Waals surface area contributed by atoms with Crippen LogP contribution in [0.5, 0.6) is 0 Å². The Morgan fingerprint density at radius 1 is 1.22 bits per heavy atom. The second-order valence-corrected chi connectivity index (χ2v) is 5.95. The molecule has 0 unspecified atom stereocenters. The second-order valence-electron chi connectivity index (χ2n) is 5.95. The van der Waals surface area contributed by atoms with Crippen LogP contribution in [0.25, 0.3) is 0 Å². The number of aryl methyl sites for hydroxylation is 2. The molecule has 0 spiro atoms. The Morgan fingerprint density at radius 3 is 2.56 bits per heavy atom. The van der Waals surface area contributed by atoms with E-state index in [2.05, 4.69) is 44.2 Å². The number of aromatic nitrogens is 3. The van der Waals surface area contributed by atoms with Gasteiger partial charge in [0.25, 0.3) is 0 Å². The summed E-state index contributed by atoms with van der Waals surface area (Å²) in [5.41, 5.74) is 1.53. The molecule has 1 aromatic rings. The zero-order chi connectivity index (χ0) is 12.7. The third kappa shape index (κ3) is 8.02. The monoisotopic (exact) mass is 420 g/mol. The van der Waals surface area contributed by atoms with Crippen LogP contribution in [0.3, 0.4) is 0 Å². The molecular formula is C14H26N3W-. The molecule has 0 N–H and O–H groups in total. The Morgan fingerprint density at radius 2 is 1.94 bits per heavy atom. The molecule has 0 aliphatic carbocycles. The van der Waals surface area contributed by atoms with Crippen LogP contribution in [0.2, 0.25) is 0 Å². The van der Waals surface area contributed by atoms with E-state index in [1.807, 2.05) is 4.68 Å². The SMILES string of the molecule is [CH2-]CCc1cn(CCCCCC(C)(C)C)nn1.[W]. The summed E-state index contributed by atoms with van der Waals surface area (Å²) >= 11 is 0. The van der Waals surface area contributed by atoms with Crippen molar-refractivity contribution in [2.45, 2.75) is 65.8 Å². The van der Waals surface area contributed by atoms with Gasteiger partial charge in [0, 0.05) is 33.8 Å². The van der Waals surface area contributed by atoms with Gasteiger partial charge in [-0.15, -0.1) is 5.10 Å². The predicted molar refractivity (Wildman–Crippen MR) is 71.6 cm³/mol. The molecule has 1 heterocycles. The molecule has 0 fully saturated rings. The van der Waals surface area contributed by atoms with Gasteiger partial charge in [-0.2, -0.15) is 6.42 Å². The smallest absolute Gasteiger partial charge is 0.0801 e. The quantitative estimate of drug-likeness (QED) is 0.498. The molecule has 4 heteroatoms. The van der Waals surface area contributed by atoms with Gasteiger partial charge in [0.05, 0.1) is 5.69 Å². The minimum atomic E-state index is 0. The first-order valence-corrected chi connectivity index (χ1v) is 6.69. The Kier molecular flexibility index (Phi) is 8.76. The van der Waals surface area contributed by atoms with E-state index in [9.17, 15) is 0 Å². The Hall–Kier alpha value is -0.172. The Balaban J connectivity index is 0.00000289. The molecule has 0 aromatic carbocycles. The van der Waals surface area contributed by atoms with E-state index in [0.29, 0.717) is 5.41 Å². The Bertz CT molecular complexity index is 315. The molecule has 0 atom stereocenters. The van der Waals surface area contributed by atoms with Gasteiger partial charge in [-0.1, -0.05) is 38.8 Å².